The zero-order valence-corrected chi connectivity index (χ0v) is 9.83. The minimum absolute atomic E-state index is 0.941. The van der Waals surface area contributed by atoms with Crippen molar-refractivity contribution in [2.24, 2.45) is 12.0 Å². The Morgan fingerprint density at radius 3 is 2.43 bits per heavy atom. The predicted molar refractivity (Wildman–Crippen MR) is 64.5 cm³/mol. The molecular formula is C12H20N2. The number of nitrogens with zero attached hydrogens (tertiary/aromatic N) is 2. The highest BCUT2D eigenvalue weighted by Crippen LogP contribution is 2.15. The molecule has 78 valence electrons. The fraction of sp³-hybridized carbons (Fsp3) is 0.417. The molecule has 0 saturated heterocycles. The average molecular weight is 192 g/mol. The van der Waals surface area contributed by atoms with Crippen LogP contribution in [0.4, 0.5) is 5.82 Å². The first-order chi connectivity index (χ1) is 6.63. The van der Waals surface area contributed by atoms with Gasteiger partial charge >= 0.3 is 0 Å². The maximum Gasteiger partial charge on any atom is 0.132 e. The van der Waals surface area contributed by atoms with Crippen LogP contribution in [0.5, 0.6) is 0 Å². The van der Waals surface area contributed by atoms with Gasteiger partial charge in [0.05, 0.1) is 0 Å². The van der Waals surface area contributed by atoms with Gasteiger partial charge in [0.1, 0.15) is 5.82 Å². The third-order valence-electron chi connectivity index (χ3n) is 1.70. The lowest BCUT2D eigenvalue weighted by Crippen LogP contribution is -1.86. The van der Waals surface area contributed by atoms with E-state index in [0.717, 1.165) is 11.5 Å². The van der Waals surface area contributed by atoms with E-state index in [0.29, 0.717) is 0 Å². The van der Waals surface area contributed by atoms with Gasteiger partial charge in [0, 0.05) is 19.0 Å². The molecule has 1 aromatic rings. The Morgan fingerprint density at radius 2 is 2.07 bits per heavy atom. The maximum absolute atomic E-state index is 4.36. The molecule has 0 N–H and O–H groups in total. The summed E-state index contributed by atoms with van der Waals surface area (Å²) in [6.07, 6.45) is 3.80. The summed E-state index contributed by atoms with van der Waals surface area (Å²) in [7, 11) is 1.99. The van der Waals surface area contributed by atoms with Gasteiger partial charge in [-0.15, -0.1) is 0 Å². The third kappa shape index (κ3) is 3.60. The van der Waals surface area contributed by atoms with E-state index >= 15 is 0 Å². The summed E-state index contributed by atoms with van der Waals surface area (Å²) in [6.45, 7) is 11.7. The van der Waals surface area contributed by atoms with Crippen LogP contribution in [-0.4, -0.2) is 10.3 Å². The Hall–Kier alpha value is -1.31. The first kappa shape index (κ1) is 12.7. The highest BCUT2D eigenvalue weighted by atomic mass is 15.0. The lowest BCUT2D eigenvalue weighted by Gasteiger charge is -1.95. The van der Waals surface area contributed by atoms with Crippen LogP contribution < -0.4 is 0 Å². The van der Waals surface area contributed by atoms with Crippen LogP contribution >= 0.6 is 0 Å². The number of hydrogen-bond donors (Lipinski definition) is 0. The molecule has 0 amide bonds. The molecular weight excluding hydrogens is 172 g/mol. The van der Waals surface area contributed by atoms with Gasteiger partial charge in [0.2, 0.25) is 0 Å². The molecule has 0 unspecified atom stereocenters. The molecule has 0 radical (unpaired) electrons. The largest absolute Gasteiger partial charge is 0.336 e. The van der Waals surface area contributed by atoms with Gasteiger partial charge in [-0.3, -0.25) is 0 Å². The second kappa shape index (κ2) is 6.19. The molecule has 0 aliphatic carbocycles. The van der Waals surface area contributed by atoms with Gasteiger partial charge in [0.25, 0.3) is 0 Å². The van der Waals surface area contributed by atoms with Crippen molar-refractivity contribution in [1.29, 1.82) is 0 Å². The molecule has 0 fully saturated rings. The highest BCUT2D eigenvalue weighted by molar-refractivity contribution is 5.93. The first-order valence-electron chi connectivity index (χ1n) is 4.94. The van der Waals surface area contributed by atoms with E-state index in [1.165, 1.54) is 5.56 Å². The minimum atomic E-state index is 0.941. The Morgan fingerprint density at radius 1 is 1.50 bits per heavy atom. The summed E-state index contributed by atoms with van der Waals surface area (Å²) in [5.74, 6) is 0.977. The van der Waals surface area contributed by atoms with Crippen LogP contribution in [0.25, 0.3) is 0 Å². The zero-order chi connectivity index (χ0) is 11.1. The zero-order valence-electron chi connectivity index (χ0n) is 9.83. The average Bonchev–Trinajstić information content (AvgIpc) is 2.48. The third-order valence-corrected chi connectivity index (χ3v) is 1.70. The van der Waals surface area contributed by atoms with Crippen molar-refractivity contribution in [2.45, 2.75) is 27.7 Å². The normalized spacial score (nSPS) is 10.5. The standard InChI is InChI=1S/C10H14N2.C2H6/c1-5-9(3)11-10-6-8(2)7-12(10)4;1-2/h5-7H,1H2,2-4H3;1-2H3/b11-9-;. The molecule has 14 heavy (non-hydrogen) atoms. The summed E-state index contributed by atoms with van der Waals surface area (Å²) in [4.78, 5) is 4.36. The molecule has 0 aromatic carbocycles. The van der Waals surface area contributed by atoms with E-state index in [1.807, 2.05) is 38.5 Å². The van der Waals surface area contributed by atoms with Gasteiger partial charge in [-0.1, -0.05) is 20.4 Å². The molecule has 0 saturated carbocycles. The van der Waals surface area contributed by atoms with Crippen molar-refractivity contribution in [2.75, 3.05) is 0 Å². The van der Waals surface area contributed by atoms with Crippen molar-refractivity contribution in [3.8, 4) is 0 Å². The summed E-state index contributed by atoms with van der Waals surface area (Å²) in [5, 5.41) is 0. The van der Waals surface area contributed by atoms with E-state index in [4.69, 9.17) is 0 Å². The van der Waals surface area contributed by atoms with Crippen LogP contribution in [0.3, 0.4) is 0 Å². The monoisotopic (exact) mass is 192 g/mol. The molecule has 2 nitrogen and oxygen atoms in total. The van der Waals surface area contributed by atoms with Crippen LogP contribution in [-0.2, 0) is 7.05 Å². The van der Waals surface area contributed by atoms with Gasteiger partial charge in [-0.05, 0) is 31.6 Å². The molecule has 1 heterocycles. The van der Waals surface area contributed by atoms with Crippen molar-refractivity contribution >= 4 is 11.5 Å². The molecule has 2 heteroatoms. The second-order valence-electron chi connectivity index (χ2n) is 2.94. The van der Waals surface area contributed by atoms with Crippen LogP contribution in [0.15, 0.2) is 29.9 Å². The smallest absolute Gasteiger partial charge is 0.132 e. The Balaban J connectivity index is 0.000000791. The SMILES string of the molecule is C=C/C(C)=N\c1cc(C)cn1C.CC. The molecule has 0 spiro atoms. The molecule has 1 aromatic heterocycles. The summed E-state index contributed by atoms with van der Waals surface area (Å²) in [6, 6.07) is 2.05. The number of aryl methyl sites for hydroxylation is 2. The van der Waals surface area contributed by atoms with E-state index < -0.39 is 0 Å². The fourth-order valence-corrected chi connectivity index (χ4v) is 1.05. The predicted octanol–water partition coefficient (Wildman–Crippen LogP) is 3.64. The van der Waals surface area contributed by atoms with Crippen molar-refractivity contribution in [1.82, 2.24) is 4.57 Å². The Labute approximate surface area is 87.0 Å². The number of aromatic nitrogens is 1. The van der Waals surface area contributed by atoms with Gasteiger partial charge < -0.3 is 4.57 Å². The number of aliphatic imine (C=N–C) groups is 1. The highest BCUT2D eigenvalue weighted by Gasteiger charge is 1.96. The molecule has 0 aliphatic rings. The van der Waals surface area contributed by atoms with E-state index in [2.05, 4.69) is 24.7 Å². The fourth-order valence-electron chi connectivity index (χ4n) is 1.05. The van der Waals surface area contributed by atoms with Crippen LogP contribution in [0.1, 0.15) is 26.3 Å². The van der Waals surface area contributed by atoms with Crippen molar-refractivity contribution in [3.05, 3.63) is 30.5 Å². The van der Waals surface area contributed by atoms with E-state index in [9.17, 15) is 0 Å². The van der Waals surface area contributed by atoms with Crippen LogP contribution in [0.2, 0.25) is 0 Å². The number of rotatable bonds is 2. The molecule has 0 bridgehead atoms. The lowest BCUT2D eigenvalue weighted by atomic mass is 10.4. The Kier molecular flexibility index (Phi) is 5.61. The van der Waals surface area contributed by atoms with Crippen LogP contribution in [0, 0.1) is 6.92 Å². The minimum Gasteiger partial charge on any atom is -0.336 e. The number of allylic oxidation sites excluding steroid dienone is 1. The molecule has 0 atom stereocenters. The van der Waals surface area contributed by atoms with Crippen molar-refractivity contribution in [3.63, 3.8) is 0 Å². The second-order valence-corrected chi connectivity index (χ2v) is 2.94. The number of hydrogen-bond acceptors (Lipinski definition) is 1. The van der Waals surface area contributed by atoms with E-state index in [-0.39, 0.29) is 0 Å². The summed E-state index contributed by atoms with van der Waals surface area (Å²) < 4.78 is 2.00. The molecule has 0 aliphatic heterocycles. The first-order valence-corrected chi connectivity index (χ1v) is 4.94. The summed E-state index contributed by atoms with van der Waals surface area (Å²) >= 11 is 0. The summed E-state index contributed by atoms with van der Waals surface area (Å²) in [5.41, 5.74) is 2.17. The maximum atomic E-state index is 4.36. The van der Waals surface area contributed by atoms with Gasteiger partial charge in [-0.25, -0.2) is 4.99 Å². The van der Waals surface area contributed by atoms with Crippen molar-refractivity contribution < 1.29 is 0 Å². The molecule has 1 rings (SSSR count). The topological polar surface area (TPSA) is 17.3 Å². The quantitative estimate of drug-likeness (QED) is 0.637. The van der Waals surface area contributed by atoms with Gasteiger partial charge in [0.15, 0.2) is 0 Å². The van der Waals surface area contributed by atoms with Gasteiger partial charge in [-0.2, -0.15) is 0 Å². The van der Waals surface area contributed by atoms with E-state index in [1.54, 1.807) is 6.08 Å². The Bertz CT molecular complexity index is 319. The lowest BCUT2D eigenvalue weighted by molar-refractivity contribution is 0.922.